The van der Waals surface area contributed by atoms with Gasteiger partial charge in [-0.2, -0.15) is 0 Å². The molecule has 0 radical (unpaired) electrons. The molecule has 1 aliphatic rings. The van der Waals surface area contributed by atoms with Crippen molar-refractivity contribution in [3.8, 4) is 0 Å². The van der Waals surface area contributed by atoms with Crippen molar-refractivity contribution < 1.29 is 19.1 Å². The zero-order chi connectivity index (χ0) is 16.6. The molecule has 3 rings (SSSR count). The molecule has 0 spiro atoms. The molecule has 0 unspecified atom stereocenters. The maximum Gasteiger partial charge on any atom is 0.326 e. The smallest absolute Gasteiger partial charge is 0.326 e. The first-order valence-electron chi connectivity index (χ1n) is 7.99. The zero-order valence-electron chi connectivity index (χ0n) is 13.4. The fourth-order valence-electron chi connectivity index (χ4n) is 3.20. The Balaban J connectivity index is 1.79. The first kappa shape index (κ1) is 15.6. The molecule has 5 heteroatoms. The van der Waals surface area contributed by atoms with E-state index in [0.717, 1.165) is 35.8 Å². The Kier molecular flexibility index (Phi) is 4.11. The molecule has 0 saturated heterocycles. The number of hydrogen-bond acceptors (Lipinski definition) is 3. The van der Waals surface area contributed by atoms with Crippen LogP contribution < -0.4 is 5.32 Å². The van der Waals surface area contributed by atoms with E-state index in [1.807, 2.05) is 0 Å². The summed E-state index contributed by atoms with van der Waals surface area (Å²) in [6.45, 7) is 3.55. The second kappa shape index (κ2) is 6.07. The number of nitrogens with one attached hydrogen (secondary N) is 1. The Morgan fingerprint density at radius 2 is 1.96 bits per heavy atom. The van der Waals surface area contributed by atoms with Gasteiger partial charge in [-0.25, -0.2) is 4.79 Å². The molecule has 1 aromatic heterocycles. The van der Waals surface area contributed by atoms with Gasteiger partial charge in [0.2, 0.25) is 5.91 Å². The van der Waals surface area contributed by atoms with Crippen LogP contribution in [0.4, 0.5) is 0 Å². The number of carboxylic acid groups (broad SMARTS) is 1. The van der Waals surface area contributed by atoms with E-state index in [1.165, 1.54) is 11.1 Å². The average molecular weight is 315 g/mol. The number of aliphatic carboxylic acids is 1. The van der Waals surface area contributed by atoms with Crippen LogP contribution in [0.3, 0.4) is 0 Å². The Morgan fingerprint density at radius 3 is 2.61 bits per heavy atom. The lowest BCUT2D eigenvalue weighted by atomic mass is 10.0. The largest absolute Gasteiger partial charge is 0.480 e. The lowest BCUT2D eigenvalue weighted by Crippen LogP contribution is -2.44. The molecule has 122 valence electrons. The second-order valence-corrected chi connectivity index (χ2v) is 6.54. The lowest BCUT2D eigenvalue weighted by molar-refractivity contribution is -0.143. The van der Waals surface area contributed by atoms with Gasteiger partial charge in [0.15, 0.2) is 0 Å². The van der Waals surface area contributed by atoms with Gasteiger partial charge in [0.05, 0.1) is 12.7 Å². The van der Waals surface area contributed by atoms with Crippen molar-refractivity contribution in [1.29, 1.82) is 0 Å². The molecule has 1 amide bonds. The highest BCUT2D eigenvalue weighted by atomic mass is 16.4. The standard InChI is InChI=1S/C18H21NO4/c1-10(2)17(18(21)22)19-16(20)8-13-9-23-15-7-12-5-3-4-11(12)6-14(13)15/h6-7,9-10,17H,3-5,8H2,1-2H3,(H,19,20)(H,21,22)/t17-/m0/s1. The summed E-state index contributed by atoms with van der Waals surface area (Å²) in [4.78, 5) is 23.4. The van der Waals surface area contributed by atoms with Crippen LogP contribution in [0.1, 0.15) is 37.0 Å². The van der Waals surface area contributed by atoms with Crippen molar-refractivity contribution in [3.05, 3.63) is 35.1 Å². The molecule has 0 fully saturated rings. The molecule has 5 nitrogen and oxygen atoms in total. The molecule has 0 bridgehead atoms. The highest BCUT2D eigenvalue weighted by Gasteiger charge is 2.24. The molecule has 2 N–H and O–H groups in total. The van der Waals surface area contributed by atoms with E-state index in [1.54, 1.807) is 20.1 Å². The Labute approximate surface area is 134 Å². The average Bonchev–Trinajstić information content (AvgIpc) is 3.08. The zero-order valence-corrected chi connectivity index (χ0v) is 13.4. The summed E-state index contributed by atoms with van der Waals surface area (Å²) in [5.74, 6) is -1.47. The number of hydrogen-bond donors (Lipinski definition) is 2. The first-order chi connectivity index (χ1) is 11.0. The van der Waals surface area contributed by atoms with E-state index in [-0.39, 0.29) is 18.2 Å². The lowest BCUT2D eigenvalue weighted by Gasteiger charge is -2.17. The van der Waals surface area contributed by atoms with Gasteiger partial charge in [0.1, 0.15) is 11.6 Å². The normalized spacial score (nSPS) is 14.9. The van der Waals surface area contributed by atoms with Gasteiger partial charge < -0.3 is 14.8 Å². The molecule has 0 saturated carbocycles. The number of carbonyl (C=O) groups is 2. The number of amides is 1. The monoisotopic (exact) mass is 315 g/mol. The van der Waals surface area contributed by atoms with Crippen LogP contribution in [0.25, 0.3) is 11.0 Å². The minimum atomic E-state index is -1.01. The third kappa shape index (κ3) is 3.09. The van der Waals surface area contributed by atoms with Gasteiger partial charge in [0.25, 0.3) is 0 Å². The van der Waals surface area contributed by atoms with Gasteiger partial charge in [0, 0.05) is 10.9 Å². The predicted octanol–water partition coefficient (Wildman–Crippen LogP) is 2.69. The van der Waals surface area contributed by atoms with Crippen LogP contribution in [-0.2, 0) is 28.9 Å². The Bertz CT molecular complexity index is 760. The van der Waals surface area contributed by atoms with Crippen LogP contribution in [-0.4, -0.2) is 23.0 Å². The highest BCUT2D eigenvalue weighted by molar-refractivity contribution is 5.90. The summed E-state index contributed by atoms with van der Waals surface area (Å²) in [5, 5.41) is 12.7. The van der Waals surface area contributed by atoms with E-state index in [9.17, 15) is 9.59 Å². The number of furan rings is 1. The van der Waals surface area contributed by atoms with Crippen molar-refractivity contribution in [1.82, 2.24) is 5.32 Å². The fraction of sp³-hybridized carbons (Fsp3) is 0.444. The first-order valence-corrected chi connectivity index (χ1v) is 7.99. The molecule has 1 aliphatic carbocycles. The SMILES string of the molecule is CC(C)[C@H](NC(=O)Cc1coc2cc3c(cc12)CCC3)C(=O)O. The van der Waals surface area contributed by atoms with Gasteiger partial charge in [-0.05, 0) is 48.4 Å². The van der Waals surface area contributed by atoms with E-state index in [4.69, 9.17) is 9.52 Å². The third-order valence-corrected chi connectivity index (χ3v) is 4.47. The highest BCUT2D eigenvalue weighted by Crippen LogP contribution is 2.30. The second-order valence-electron chi connectivity index (χ2n) is 6.54. The molecule has 1 aromatic carbocycles. The number of fused-ring (bicyclic) bond motifs is 2. The van der Waals surface area contributed by atoms with Crippen molar-refractivity contribution >= 4 is 22.8 Å². The summed E-state index contributed by atoms with van der Waals surface area (Å²) in [5.41, 5.74) is 4.26. The van der Waals surface area contributed by atoms with E-state index in [0.29, 0.717) is 0 Å². The van der Waals surface area contributed by atoms with Crippen molar-refractivity contribution in [2.24, 2.45) is 5.92 Å². The summed E-state index contributed by atoms with van der Waals surface area (Å²) in [6, 6.07) is 3.30. The molecule has 2 aromatic rings. The molecule has 0 aliphatic heterocycles. The predicted molar refractivity (Wildman–Crippen MR) is 86.3 cm³/mol. The van der Waals surface area contributed by atoms with Crippen LogP contribution >= 0.6 is 0 Å². The number of aryl methyl sites for hydroxylation is 2. The van der Waals surface area contributed by atoms with Crippen LogP contribution in [0.5, 0.6) is 0 Å². The fourth-order valence-corrected chi connectivity index (χ4v) is 3.20. The topological polar surface area (TPSA) is 79.5 Å². The molecule has 1 heterocycles. The third-order valence-electron chi connectivity index (χ3n) is 4.47. The molecular weight excluding hydrogens is 294 g/mol. The maximum absolute atomic E-state index is 12.2. The van der Waals surface area contributed by atoms with Crippen LogP contribution in [0.2, 0.25) is 0 Å². The Hall–Kier alpha value is -2.30. The Morgan fingerprint density at radius 1 is 1.26 bits per heavy atom. The van der Waals surface area contributed by atoms with Crippen molar-refractivity contribution in [2.45, 2.75) is 45.6 Å². The van der Waals surface area contributed by atoms with Crippen molar-refractivity contribution in [2.75, 3.05) is 0 Å². The van der Waals surface area contributed by atoms with E-state index >= 15 is 0 Å². The minimum Gasteiger partial charge on any atom is -0.480 e. The van der Waals surface area contributed by atoms with Crippen LogP contribution in [0.15, 0.2) is 22.8 Å². The van der Waals surface area contributed by atoms with E-state index < -0.39 is 12.0 Å². The van der Waals surface area contributed by atoms with Crippen molar-refractivity contribution in [3.63, 3.8) is 0 Å². The number of carboxylic acids is 1. The summed E-state index contributed by atoms with van der Waals surface area (Å²) >= 11 is 0. The van der Waals surface area contributed by atoms with Gasteiger partial charge in [-0.3, -0.25) is 4.79 Å². The quantitative estimate of drug-likeness (QED) is 0.889. The van der Waals surface area contributed by atoms with Gasteiger partial charge >= 0.3 is 5.97 Å². The number of carbonyl (C=O) groups excluding carboxylic acids is 1. The summed E-state index contributed by atoms with van der Waals surface area (Å²) in [7, 11) is 0. The summed E-state index contributed by atoms with van der Waals surface area (Å²) in [6.07, 6.45) is 5.03. The molecule has 23 heavy (non-hydrogen) atoms. The van der Waals surface area contributed by atoms with Gasteiger partial charge in [-0.1, -0.05) is 13.8 Å². The summed E-state index contributed by atoms with van der Waals surface area (Å²) < 4.78 is 5.58. The minimum absolute atomic E-state index is 0.127. The molecule has 1 atom stereocenters. The molecular formula is C18H21NO4. The maximum atomic E-state index is 12.2. The van der Waals surface area contributed by atoms with E-state index in [2.05, 4.69) is 17.4 Å². The van der Waals surface area contributed by atoms with Gasteiger partial charge in [-0.15, -0.1) is 0 Å². The number of benzene rings is 1. The number of rotatable bonds is 5. The van der Waals surface area contributed by atoms with Crippen LogP contribution in [0, 0.1) is 5.92 Å².